The van der Waals surface area contributed by atoms with Gasteiger partial charge in [-0.15, -0.1) is 0 Å². The Balaban J connectivity index is 3.21. The average molecular weight is 295 g/mol. The number of hydrogen-bond acceptors (Lipinski definition) is 4. The molecule has 0 bridgehead atoms. The Hall–Kier alpha value is -1.58. The van der Waals surface area contributed by atoms with Crippen LogP contribution in [0.2, 0.25) is 0 Å². The lowest BCUT2D eigenvalue weighted by Crippen LogP contribution is -2.28. The maximum absolute atomic E-state index is 13.7. The second kappa shape index (κ2) is 6.04. The van der Waals surface area contributed by atoms with Crippen molar-refractivity contribution in [2.75, 3.05) is 20.3 Å². The molecule has 9 heteroatoms. The number of nitrogens with one attached hydrogen (secondary N) is 1. The highest BCUT2D eigenvalue weighted by Gasteiger charge is 2.26. The summed E-state index contributed by atoms with van der Waals surface area (Å²) in [5.74, 6) is -4.87. The van der Waals surface area contributed by atoms with Crippen LogP contribution in [0.1, 0.15) is 10.4 Å². The molecule has 0 aliphatic heterocycles. The molecule has 6 nitrogen and oxygen atoms in total. The van der Waals surface area contributed by atoms with Crippen molar-refractivity contribution in [3.8, 4) is 0 Å². The van der Waals surface area contributed by atoms with Crippen LogP contribution >= 0.6 is 0 Å². The van der Waals surface area contributed by atoms with Gasteiger partial charge in [0.05, 0.1) is 6.61 Å². The fourth-order valence-electron chi connectivity index (χ4n) is 1.29. The van der Waals surface area contributed by atoms with E-state index in [1.54, 1.807) is 0 Å². The number of methoxy groups -OCH3 is 1. The number of aromatic carboxylic acids is 1. The van der Waals surface area contributed by atoms with Gasteiger partial charge in [-0.05, 0) is 12.1 Å². The number of rotatable bonds is 6. The Kier molecular flexibility index (Phi) is 4.92. The molecule has 0 saturated carbocycles. The number of halogens is 2. The van der Waals surface area contributed by atoms with E-state index in [0.717, 1.165) is 0 Å². The van der Waals surface area contributed by atoms with Gasteiger partial charge in [0, 0.05) is 13.7 Å². The van der Waals surface area contributed by atoms with E-state index in [0.29, 0.717) is 12.1 Å². The Morgan fingerprint density at radius 2 is 2.05 bits per heavy atom. The van der Waals surface area contributed by atoms with E-state index >= 15 is 0 Å². The number of benzene rings is 1. The molecule has 0 radical (unpaired) electrons. The van der Waals surface area contributed by atoms with Gasteiger partial charge in [0.2, 0.25) is 10.0 Å². The third-order valence-electron chi connectivity index (χ3n) is 2.16. The first-order valence-electron chi connectivity index (χ1n) is 5.01. The third kappa shape index (κ3) is 3.46. The van der Waals surface area contributed by atoms with Crippen molar-refractivity contribution in [3.05, 3.63) is 29.3 Å². The van der Waals surface area contributed by atoms with Crippen LogP contribution in [-0.4, -0.2) is 39.8 Å². The molecule has 0 heterocycles. The molecule has 2 N–H and O–H groups in total. The van der Waals surface area contributed by atoms with Gasteiger partial charge < -0.3 is 9.84 Å². The maximum atomic E-state index is 13.7. The van der Waals surface area contributed by atoms with Gasteiger partial charge in [-0.3, -0.25) is 0 Å². The molecule has 1 aromatic rings. The summed E-state index contributed by atoms with van der Waals surface area (Å²) < 4.78 is 56.8. The number of hydrogen-bond donors (Lipinski definition) is 2. The van der Waals surface area contributed by atoms with E-state index in [1.165, 1.54) is 7.11 Å². The van der Waals surface area contributed by atoms with Crippen LogP contribution in [0, 0.1) is 11.6 Å². The quantitative estimate of drug-likeness (QED) is 0.749. The molecule has 0 saturated heterocycles. The fourth-order valence-corrected chi connectivity index (χ4v) is 2.39. The van der Waals surface area contributed by atoms with Crippen molar-refractivity contribution in [1.82, 2.24) is 4.72 Å². The van der Waals surface area contributed by atoms with E-state index in [1.807, 2.05) is 4.72 Å². The van der Waals surface area contributed by atoms with Crippen molar-refractivity contribution in [3.63, 3.8) is 0 Å². The largest absolute Gasteiger partial charge is 0.477 e. The van der Waals surface area contributed by atoms with Crippen molar-refractivity contribution < 1.29 is 31.8 Å². The zero-order valence-corrected chi connectivity index (χ0v) is 10.6. The molecule has 1 aromatic carbocycles. The van der Waals surface area contributed by atoms with Crippen LogP contribution in [0.5, 0.6) is 0 Å². The monoisotopic (exact) mass is 295 g/mol. The Morgan fingerprint density at radius 1 is 1.42 bits per heavy atom. The van der Waals surface area contributed by atoms with Crippen LogP contribution in [0.15, 0.2) is 17.0 Å². The lowest BCUT2D eigenvalue weighted by molar-refractivity contribution is 0.0685. The van der Waals surface area contributed by atoms with Gasteiger partial charge in [0.25, 0.3) is 0 Å². The van der Waals surface area contributed by atoms with E-state index in [2.05, 4.69) is 4.74 Å². The van der Waals surface area contributed by atoms with E-state index in [9.17, 15) is 22.0 Å². The number of sulfonamides is 1. The highest BCUT2D eigenvalue weighted by molar-refractivity contribution is 7.89. The summed E-state index contributed by atoms with van der Waals surface area (Å²) in [6.45, 7) is -0.0775. The molecular weight excluding hydrogens is 284 g/mol. The summed E-state index contributed by atoms with van der Waals surface area (Å²) in [6, 6.07) is 1.24. The number of carboxylic acids is 1. The molecule has 0 aromatic heterocycles. The minimum absolute atomic E-state index is 0.0494. The first-order valence-corrected chi connectivity index (χ1v) is 6.49. The van der Waals surface area contributed by atoms with Crippen LogP contribution in [0.25, 0.3) is 0 Å². The number of carboxylic acid groups (broad SMARTS) is 1. The molecule has 106 valence electrons. The molecular formula is C10H11F2NO5S. The van der Waals surface area contributed by atoms with E-state index in [-0.39, 0.29) is 13.2 Å². The van der Waals surface area contributed by atoms with Gasteiger partial charge in [-0.2, -0.15) is 0 Å². The van der Waals surface area contributed by atoms with Crippen LogP contribution in [-0.2, 0) is 14.8 Å². The van der Waals surface area contributed by atoms with Crippen molar-refractivity contribution in [2.24, 2.45) is 0 Å². The normalized spacial score (nSPS) is 11.5. The standard InChI is InChI=1S/C10H11F2NO5S/c1-18-5-4-13-19(16,17)7-3-2-6(11)8(9(7)12)10(14)15/h2-3,13H,4-5H2,1H3,(H,14,15). The minimum atomic E-state index is -4.27. The highest BCUT2D eigenvalue weighted by atomic mass is 32.2. The Morgan fingerprint density at radius 3 is 2.58 bits per heavy atom. The van der Waals surface area contributed by atoms with Crippen molar-refractivity contribution >= 4 is 16.0 Å². The highest BCUT2D eigenvalue weighted by Crippen LogP contribution is 2.20. The third-order valence-corrected chi connectivity index (χ3v) is 3.64. The van der Waals surface area contributed by atoms with Gasteiger partial charge in [0.1, 0.15) is 16.3 Å². The molecule has 0 aliphatic carbocycles. The summed E-state index contributed by atoms with van der Waals surface area (Å²) in [5, 5.41) is 8.64. The van der Waals surface area contributed by atoms with Crippen LogP contribution in [0.4, 0.5) is 8.78 Å². The number of carbonyl (C=O) groups is 1. The van der Waals surface area contributed by atoms with Gasteiger partial charge in [-0.25, -0.2) is 26.7 Å². The molecule has 1 rings (SSSR count). The van der Waals surface area contributed by atoms with Gasteiger partial charge in [-0.1, -0.05) is 0 Å². The smallest absolute Gasteiger partial charge is 0.341 e. The zero-order valence-electron chi connectivity index (χ0n) is 9.81. The molecule has 0 atom stereocenters. The first-order chi connectivity index (χ1) is 8.81. The lowest BCUT2D eigenvalue weighted by atomic mass is 10.2. The van der Waals surface area contributed by atoms with Gasteiger partial charge >= 0.3 is 5.97 Å². The van der Waals surface area contributed by atoms with Crippen molar-refractivity contribution in [1.29, 1.82) is 0 Å². The Bertz CT molecular complexity index is 588. The lowest BCUT2D eigenvalue weighted by Gasteiger charge is -2.09. The summed E-state index contributed by atoms with van der Waals surface area (Å²) in [6.07, 6.45) is 0. The zero-order chi connectivity index (χ0) is 14.6. The van der Waals surface area contributed by atoms with E-state index < -0.39 is 38.1 Å². The predicted octanol–water partition coefficient (Wildman–Crippen LogP) is 0.588. The van der Waals surface area contributed by atoms with E-state index in [4.69, 9.17) is 5.11 Å². The number of ether oxygens (including phenoxy) is 1. The van der Waals surface area contributed by atoms with Crippen LogP contribution in [0.3, 0.4) is 0 Å². The van der Waals surface area contributed by atoms with Crippen molar-refractivity contribution in [2.45, 2.75) is 4.90 Å². The molecule has 0 aliphatic rings. The van der Waals surface area contributed by atoms with Crippen LogP contribution < -0.4 is 4.72 Å². The Labute approximate surface area is 108 Å². The summed E-state index contributed by atoms with van der Waals surface area (Å²) in [5.41, 5.74) is -1.31. The summed E-state index contributed by atoms with van der Waals surface area (Å²) in [7, 11) is -2.93. The average Bonchev–Trinajstić information content (AvgIpc) is 2.28. The molecule has 0 fully saturated rings. The SMILES string of the molecule is COCCNS(=O)(=O)c1ccc(F)c(C(=O)O)c1F. The molecule has 0 amide bonds. The fraction of sp³-hybridized carbons (Fsp3) is 0.300. The maximum Gasteiger partial charge on any atom is 0.341 e. The second-order valence-corrected chi connectivity index (χ2v) is 5.17. The molecule has 0 unspecified atom stereocenters. The summed E-state index contributed by atoms with van der Waals surface area (Å²) in [4.78, 5) is 9.74. The predicted molar refractivity (Wildman–Crippen MR) is 60.4 cm³/mol. The second-order valence-electron chi connectivity index (χ2n) is 3.43. The first kappa shape index (κ1) is 15.5. The molecule has 0 spiro atoms. The van der Waals surface area contributed by atoms with Gasteiger partial charge in [0.15, 0.2) is 5.82 Å². The molecule has 19 heavy (non-hydrogen) atoms. The topological polar surface area (TPSA) is 92.7 Å². The minimum Gasteiger partial charge on any atom is -0.477 e. The summed E-state index contributed by atoms with van der Waals surface area (Å²) >= 11 is 0.